The molecule has 4 N–H and O–H groups in total. The van der Waals surface area contributed by atoms with E-state index in [2.05, 4.69) is 25.6 Å². The van der Waals surface area contributed by atoms with Gasteiger partial charge in [0.1, 0.15) is 29.4 Å². The molecule has 0 bridgehead atoms. The summed E-state index contributed by atoms with van der Waals surface area (Å²) in [6.07, 6.45) is -0.952. The summed E-state index contributed by atoms with van der Waals surface area (Å²) >= 11 is 1.40. The van der Waals surface area contributed by atoms with E-state index in [0.29, 0.717) is 17.1 Å². The van der Waals surface area contributed by atoms with Crippen molar-refractivity contribution >= 4 is 40.3 Å². The van der Waals surface area contributed by atoms with Gasteiger partial charge in [0, 0.05) is 30.3 Å². The van der Waals surface area contributed by atoms with Crippen LogP contribution in [0.3, 0.4) is 0 Å². The van der Waals surface area contributed by atoms with Crippen molar-refractivity contribution in [2.45, 2.75) is 36.9 Å². The monoisotopic (exact) mass is 750 g/mol. The fraction of sp³-hybridized carbons (Fsp3) is 0.256. The lowest BCUT2D eigenvalue weighted by Crippen LogP contribution is -2.38. The van der Waals surface area contributed by atoms with Gasteiger partial charge in [-0.2, -0.15) is 16.3 Å². The van der Waals surface area contributed by atoms with Crippen LogP contribution in [-0.4, -0.2) is 76.0 Å². The Hall–Kier alpha value is -5.87. The van der Waals surface area contributed by atoms with Gasteiger partial charge >= 0.3 is 0 Å². The molecule has 0 saturated carbocycles. The van der Waals surface area contributed by atoms with Crippen molar-refractivity contribution in [2.24, 2.45) is 0 Å². The van der Waals surface area contributed by atoms with Crippen LogP contribution in [0.4, 0.5) is 5.95 Å². The average Bonchev–Trinajstić information content (AvgIpc) is 3.97. The largest absolute Gasteiger partial charge is 0.497 e. The molecule has 1 fully saturated rings. The number of aromatic amines is 1. The van der Waals surface area contributed by atoms with Crippen molar-refractivity contribution in [2.75, 3.05) is 32.7 Å². The van der Waals surface area contributed by atoms with Crippen LogP contribution in [0.1, 0.15) is 46.1 Å². The zero-order valence-electron chi connectivity index (χ0n) is 29.4. The minimum absolute atomic E-state index is 0.0183. The predicted molar refractivity (Wildman–Crippen MR) is 201 cm³/mol. The van der Waals surface area contributed by atoms with Crippen LogP contribution in [0.2, 0.25) is 0 Å². The van der Waals surface area contributed by atoms with E-state index in [-0.39, 0.29) is 49.0 Å². The van der Waals surface area contributed by atoms with Crippen LogP contribution in [0.15, 0.2) is 107 Å². The number of aromatic nitrogens is 4. The number of benzene rings is 3. The molecule has 0 radical (unpaired) electrons. The molecule has 0 spiro atoms. The lowest BCUT2D eigenvalue weighted by atomic mass is 9.80. The molecule has 1 saturated heterocycles. The number of amides is 2. The Labute approximate surface area is 313 Å². The van der Waals surface area contributed by atoms with Gasteiger partial charge in [-0.05, 0) is 52.4 Å². The molecule has 3 aromatic heterocycles. The molecule has 7 rings (SSSR count). The number of methoxy groups -OCH3 is 2. The first-order valence-corrected chi connectivity index (χ1v) is 18.1. The summed E-state index contributed by atoms with van der Waals surface area (Å²) in [5, 5.41) is 20.1. The van der Waals surface area contributed by atoms with E-state index in [0.717, 1.165) is 16.7 Å². The standard InChI is InChI=1S/C39H38N6O8S/c1-50-28-12-8-26(9-13-28)39(25-6-4-3-5-7-25,27-10-14-29(51-2)15-11-27)52-21-31-30(46)20-33(53-31)45-23-41-34-35(45)43-38(44-37(34)49)42-32(47)16-18-40-36(48)24-17-19-54-22-24/h3-15,17,19,22-23,30-31,33,46H,16,18,20-21H2,1-2H3,(H,40,48)(H2,42,43,44,47,49)/t30?,31-,33-/m1/s1. The molecule has 54 heavy (non-hydrogen) atoms. The summed E-state index contributed by atoms with van der Waals surface area (Å²) in [7, 11) is 3.22. The fourth-order valence-electron chi connectivity index (χ4n) is 6.49. The molecule has 14 nitrogen and oxygen atoms in total. The van der Waals surface area contributed by atoms with Crippen molar-refractivity contribution < 1.29 is 33.6 Å². The third-order valence-corrected chi connectivity index (χ3v) is 9.95. The smallest absolute Gasteiger partial charge is 0.280 e. The van der Waals surface area contributed by atoms with Gasteiger partial charge in [-0.25, -0.2) is 4.98 Å². The number of ether oxygens (including phenoxy) is 4. The Morgan fingerprint density at radius 2 is 1.65 bits per heavy atom. The first-order valence-electron chi connectivity index (χ1n) is 17.2. The number of hydrogen-bond acceptors (Lipinski definition) is 11. The van der Waals surface area contributed by atoms with Gasteiger partial charge in [0.25, 0.3) is 11.5 Å². The molecule has 6 aromatic rings. The number of H-pyrrole nitrogens is 1. The van der Waals surface area contributed by atoms with Gasteiger partial charge in [-0.15, -0.1) is 0 Å². The van der Waals surface area contributed by atoms with Gasteiger partial charge in [0.15, 0.2) is 11.2 Å². The average molecular weight is 751 g/mol. The van der Waals surface area contributed by atoms with Crippen LogP contribution in [0.5, 0.6) is 11.5 Å². The summed E-state index contributed by atoms with van der Waals surface area (Å²) in [6, 6.07) is 26.8. The Morgan fingerprint density at radius 1 is 0.981 bits per heavy atom. The first-order chi connectivity index (χ1) is 26.3. The van der Waals surface area contributed by atoms with Crippen molar-refractivity contribution in [3.8, 4) is 11.5 Å². The van der Waals surface area contributed by atoms with E-state index in [1.54, 1.807) is 35.6 Å². The molecule has 3 aromatic carbocycles. The highest BCUT2D eigenvalue weighted by molar-refractivity contribution is 7.08. The summed E-state index contributed by atoms with van der Waals surface area (Å²) in [5.74, 6) is 0.543. The lowest BCUT2D eigenvalue weighted by molar-refractivity contribution is -0.116. The van der Waals surface area contributed by atoms with Crippen molar-refractivity contribution in [3.05, 3.63) is 135 Å². The number of rotatable bonds is 14. The van der Waals surface area contributed by atoms with Crippen molar-refractivity contribution in [3.63, 3.8) is 0 Å². The van der Waals surface area contributed by atoms with E-state index < -0.39 is 35.5 Å². The molecule has 1 unspecified atom stereocenters. The second-order valence-electron chi connectivity index (χ2n) is 12.6. The summed E-state index contributed by atoms with van der Waals surface area (Å²) < 4.78 is 25.8. The normalized spacial score (nSPS) is 17.0. The van der Waals surface area contributed by atoms with Gasteiger partial charge in [-0.1, -0.05) is 54.6 Å². The number of carbonyl (C=O) groups excluding carboxylic acids is 2. The van der Waals surface area contributed by atoms with Gasteiger partial charge in [0.2, 0.25) is 11.9 Å². The van der Waals surface area contributed by atoms with E-state index in [1.165, 1.54) is 17.7 Å². The number of nitrogens with one attached hydrogen (secondary N) is 3. The number of imidazole rings is 1. The number of thiophene rings is 1. The van der Waals surface area contributed by atoms with Crippen LogP contribution in [0, 0.1) is 0 Å². The van der Waals surface area contributed by atoms with E-state index in [1.807, 2.05) is 78.9 Å². The summed E-state index contributed by atoms with van der Waals surface area (Å²) in [4.78, 5) is 49.1. The molecule has 4 heterocycles. The van der Waals surface area contributed by atoms with Gasteiger partial charge in [-0.3, -0.25) is 29.3 Å². The topological polar surface area (TPSA) is 179 Å². The minimum Gasteiger partial charge on any atom is -0.497 e. The van der Waals surface area contributed by atoms with E-state index in [9.17, 15) is 19.5 Å². The number of carbonyl (C=O) groups is 2. The Kier molecular flexibility index (Phi) is 10.8. The number of nitrogens with zero attached hydrogens (tertiary/aromatic N) is 3. The van der Waals surface area contributed by atoms with Crippen LogP contribution < -0.4 is 25.7 Å². The maximum atomic E-state index is 13.0. The Bertz CT molecular complexity index is 2210. The molecule has 278 valence electrons. The molecule has 15 heteroatoms. The molecule has 1 aliphatic rings. The summed E-state index contributed by atoms with van der Waals surface area (Å²) in [5.41, 5.74) is 1.53. The third kappa shape index (κ3) is 7.47. The highest BCUT2D eigenvalue weighted by atomic mass is 32.1. The fourth-order valence-corrected chi connectivity index (χ4v) is 7.13. The van der Waals surface area contributed by atoms with Crippen LogP contribution >= 0.6 is 11.3 Å². The maximum Gasteiger partial charge on any atom is 0.280 e. The predicted octanol–water partition coefficient (Wildman–Crippen LogP) is 4.61. The molecule has 1 aliphatic heterocycles. The van der Waals surface area contributed by atoms with Crippen LogP contribution in [0.25, 0.3) is 11.2 Å². The third-order valence-electron chi connectivity index (χ3n) is 9.26. The number of hydrogen-bond donors (Lipinski definition) is 4. The number of aliphatic hydroxyl groups excluding tert-OH is 1. The molecule has 0 aliphatic carbocycles. The van der Waals surface area contributed by atoms with Crippen molar-refractivity contribution in [1.82, 2.24) is 24.8 Å². The van der Waals surface area contributed by atoms with E-state index in [4.69, 9.17) is 18.9 Å². The second kappa shape index (κ2) is 16.0. The van der Waals surface area contributed by atoms with Gasteiger partial charge in [0.05, 0.1) is 33.3 Å². The summed E-state index contributed by atoms with van der Waals surface area (Å²) in [6.45, 7) is 0.0696. The Balaban J connectivity index is 1.11. The number of fused-ring (bicyclic) bond motifs is 1. The molecular weight excluding hydrogens is 713 g/mol. The maximum absolute atomic E-state index is 13.0. The molecular formula is C39H38N6O8S. The number of anilines is 1. The zero-order valence-corrected chi connectivity index (χ0v) is 30.2. The van der Waals surface area contributed by atoms with Crippen LogP contribution in [-0.2, 0) is 19.9 Å². The van der Waals surface area contributed by atoms with Gasteiger partial charge < -0.3 is 29.4 Å². The highest BCUT2D eigenvalue weighted by Gasteiger charge is 2.42. The SMILES string of the molecule is COc1ccc(C(OC[C@H]2O[C@@H](n3cnc4c(=O)[nH]c(NC(=O)CCNC(=O)c5ccsc5)nc43)CC2O)(c2ccccc2)c2ccc(OC)cc2)cc1. The quantitative estimate of drug-likeness (QED) is 0.115. The molecule has 3 atom stereocenters. The molecule has 2 amide bonds. The van der Waals surface area contributed by atoms with Crippen molar-refractivity contribution in [1.29, 1.82) is 0 Å². The first kappa shape index (κ1) is 36.5. The second-order valence-corrected chi connectivity index (χ2v) is 13.3. The zero-order chi connectivity index (χ0) is 37.7. The number of aliphatic hydroxyl groups is 1. The van der Waals surface area contributed by atoms with E-state index >= 15 is 0 Å². The highest BCUT2D eigenvalue weighted by Crippen LogP contribution is 2.43. The minimum atomic E-state index is -1.13. The lowest BCUT2D eigenvalue weighted by Gasteiger charge is -2.37. The Morgan fingerprint density at radius 3 is 2.28 bits per heavy atom.